The van der Waals surface area contributed by atoms with Crippen molar-refractivity contribution in [2.24, 2.45) is 11.1 Å². The molecule has 0 fully saturated rings. The summed E-state index contributed by atoms with van der Waals surface area (Å²) in [7, 11) is 0. The van der Waals surface area contributed by atoms with E-state index < -0.39 is 5.97 Å². The Morgan fingerprint density at radius 3 is 2.46 bits per heavy atom. The van der Waals surface area contributed by atoms with Crippen molar-refractivity contribution < 1.29 is 14.7 Å². The molecule has 1 N–H and O–H groups in total. The number of carbonyl (C=O) groups excluding carboxylic acids is 1. The highest BCUT2D eigenvalue weighted by atomic mass is 16.7. The minimum Gasteiger partial charge on any atom is -0.508 e. The van der Waals surface area contributed by atoms with Crippen molar-refractivity contribution in [1.29, 1.82) is 0 Å². The normalized spacial score (nSPS) is 18.5. The zero-order chi connectivity index (χ0) is 18.9. The van der Waals surface area contributed by atoms with Gasteiger partial charge in [-0.05, 0) is 65.6 Å². The van der Waals surface area contributed by atoms with Gasteiger partial charge in [0.25, 0.3) is 0 Å². The van der Waals surface area contributed by atoms with Crippen LogP contribution in [0, 0.1) is 5.92 Å². The van der Waals surface area contributed by atoms with Crippen molar-refractivity contribution in [3.05, 3.63) is 64.7 Å². The second-order valence-corrected chi connectivity index (χ2v) is 8.10. The molecule has 0 saturated carbocycles. The molecule has 0 aliphatic heterocycles. The SMILES string of the molecule is CC1C/C(=N\OC(=O)c2ccc(C(C)(C)C)cc2)c2ccc(O)cc2C1. The summed E-state index contributed by atoms with van der Waals surface area (Å²) < 4.78 is 0. The quantitative estimate of drug-likeness (QED) is 0.622. The molecule has 0 spiro atoms. The third-order valence-electron chi connectivity index (χ3n) is 4.74. The van der Waals surface area contributed by atoms with Gasteiger partial charge >= 0.3 is 5.97 Å². The Kier molecular flexibility index (Phi) is 4.86. The number of benzene rings is 2. The molecule has 26 heavy (non-hydrogen) atoms. The fourth-order valence-corrected chi connectivity index (χ4v) is 3.26. The van der Waals surface area contributed by atoms with Crippen molar-refractivity contribution in [3.63, 3.8) is 0 Å². The standard InChI is InChI=1S/C22H25NO3/c1-14-11-16-13-18(24)9-10-19(16)20(12-14)23-26-21(25)15-5-7-17(8-6-15)22(2,3)4/h5-10,13-14,24H,11-12H2,1-4H3/b23-20+. The van der Waals surface area contributed by atoms with Crippen LogP contribution in [0.4, 0.5) is 0 Å². The molecule has 0 amide bonds. The Balaban J connectivity index is 1.78. The highest BCUT2D eigenvalue weighted by Crippen LogP contribution is 2.29. The average molecular weight is 351 g/mol. The molecule has 1 atom stereocenters. The first-order valence-electron chi connectivity index (χ1n) is 8.95. The lowest BCUT2D eigenvalue weighted by Gasteiger charge is -2.22. The minimum absolute atomic E-state index is 0.0379. The molecule has 1 aliphatic rings. The number of oxime groups is 1. The first-order valence-corrected chi connectivity index (χ1v) is 8.95. The summed E-state index contributed by atoms with van der Waals surface area (Å²) in [4.78, 5) is 17.5. The van der Waals surface area contributed by atoms with Gasteiger partial charge in [-0.25, -0.2) is 4.79 Å². The van der Waals surface area contributed by atoms with E-state index in [1.807, 2.05) is 18.2 Å². The molecule has 2 aromatic rings. The molecule has 3 rings (SSSR count). The van der Waals surface area contributed by atoms with Crippen molar-refractivity contribution >= 4 is 11.7 Å². The molecule has 0 saturated heterocycles. The van der Waals surface area contributed by atoms with Crippen molar-refractivity contribution in [1.82, 2.24) is 0 Å². The smallest absolute Gasteiger partial charge is 0.365 e. The first kappa shape index (κ1) is 18.2. The highest BCUT2D eigenvalue weighted by molar-refractivity contribution is 6.03. The Morgan fingerprint density at radius 2 is 1.81 bits per heavy atom. The lowest BCUT2D eigenvalue weighted by molar-refractivity contribution is 0.0515. The van der Waals surface area contributed by atoms with E-state index in [1.54, 1.807) is 24.3 Å². The lowest BCUT2D eigenvalue weighted by atomic mass is 9.83. The van der Waals surface area contributed by atoms with Crippen LogP contribution in [0.5, 0.6) is 5.75 Å². The highest BCUT2D eigenvalue weighted by Gasteiger charge is 2.22. The third-order valence-corrected chi connectivity index (χ3v) is 4.74. The van der Waals surface area contributed by atoms with E-state index >= 15 is 0 Å². The van der Waals surface area contributed by atoms with Gasteiger partial charge in [0, 0.05) is 5.56 Å². The van der Waals surface area contributed by atoms with Crippen LogP contribution in [0.3, 0.4) is 0 Å². The number of rotatable bonds is 2. The number of phenolic OH excluding ortho intramolecular Hbond substituents is 1. The Labute approximate surface area is 154 Å². The molecule has 1 unspecified atom stereocenters. The van der Waals surface area contributed by atoms with E-state index in [-0.39, 0.29) is 11.2 Å². The van der Waals surface area contributed by atoms with Crippen LogP contribution in [0.2, 0.25) is 0 Å². The zero-order valence-corrected chi connectivity index (χ0v) is 15.7. The van der Waals surface area contributed by atoms with E-state index in [1.165, 1.54) is 0 Å². The maximum atomic E-state index is 12.3. The van der Waals surface area contributed by atoms with Crippen LogP contribution in [0.15, 0.2) is 47.6 Å². The summed E-state index contributed by atoms with van der Waals surface area (Å²) in [6, 6.07) is 12.7. The summed E-state index contributed by atoms with van der Waals surface area (Å²) in [5.41, 5.74) is 4.41. The second kappa shape index (κ2) is 6.94. The van der Waals surface area contributed by atoms with Gasteiger partial charge in [0.2, 0.25) is 0 Å². The number of aromatic hydroxyl groups is 1. The Bertz CT molecular complexity index is 845. The number of carbonyl (C=O) groups is 1. The first-order chi connectivity index (χ1) is 12.2. The zero-order valence-electron chi connectivity index (χ0n) is 15.7. The predicted molar refractivity (Wildman–Crippen MR) is 103 cm³/mol. The number of phenols is 1. The Morgan fingerprint density at radius 1 is 1.12 bits per heavy atom. The average Bonchev–Trinajstić information content (AvgIpc) is 2.58. The second-order valence-electron chi connectivity index (χ2n) is 8.10. The molecule has 0 heterocycles. The summed E-state index contributed by atoms with van der Waals surface area (Å²) in [6.45, 7) is 8.51. The molecule has 0 radical (unpaired) electrons. The Hall–Kier alpha value is -2.62. The van der Waals surface area contributed by atoms with E-state index in [0.29, 0.717) is 11.5 Å². The maximum absolute atomic E-state index is 12.3. The fourth-order valence-electron chi connectivity index (χ4n) is 3.26. The van der Waals surface area contributed by atoms with Crippen LogP contribution < -0.4 is 0 Å². The topological polar surface area (TPSA) is 58.9 Å². The van der Waals surface area contributed by atoms with Crippen molar-refractivity contribution in [2.75, 3.05) is 0 Å². The van der Waals surface area contributed by atoms with Gasteiger partial charge in [0.1, 0.15) is 5.75 Å². The molecular formula is C22H25NO3. The molecule has 4 nitrogen and oxygen atoms in total. The van der Waals surface area contributed by atoms with Crippen LogP contribution in [0.1, 0.15) is 61.2 Å². The molecule has 0 bridgehead atoms. The van der Waals surface area contributed by atoms with Crippen LogP contribution >= 0.6 is 0 Å². The van der Waals surface area contributed by atoms with Crippen LogP contribution in [-0.2, 0) is 16.7 Å². The van der Waals surface area contributed by atoms with Gasteiger partial charge in [-0.15, -0.1) is 0 Å². The number of fused-ring (bicyclic) bond motifs is 1. The summed E-state index contributed by atoms with van der Waals surface area (Å²) >= 11 is 0. The summed E-state index contributed by atoms with van der Waals surface area (Å²) in [5, 5.41) is 13.8. The van der Waals surface area contributed by atoms with Crippen molar-refractivity contribution in [3.8, 4) is 5.75 Å². The minimum atomic E-state index is -0.462. The monoisotopic (exact) mass is 351 g/mol. The molecule has 1 aliphatic carbocycles. The number of hydrogen-bond donors (Lipinski definition) is 1. The maximum Gasteiger partial charge on any atom is 0.365 e. The van der Waals surface area contributed by atoms with Crippen molar-refractivity contribution in [2.45, 2.75) is 46.0 Å². The molecule has 4 heteroatoms. The molecule has 2 aromatic carbocycles. The van der Waals surface area contributed by atoms with E-state index in [4.69, 9.17) is 4.84 Å². The van der Waals surface area contributed by atoms with Crippen LogP contribution in [-0.4, -0.2) is 16.8 Å². The van der Waals surface area contributed by atoms with Gasteiger partial charge in [-0.1, -0.05) is 45.0 Å². The van der Waals surface area contributed by atoms with Gasteiger partial charge in [-0.2, -0.15) is 0 Å². The summed E-state index contributed by atoms with van der Waals surface area (Å²) in [6.07, 6.45) is 1.62. The van der Waals surface area contributed by atoms with E-state index in [0.717, 1.165) is 35.2 Å². The third kappa shape index (κ3) is 3.96. The van der Waals surface area contributed by atoms with Gasteiger partial charge in [0.05, 0.1) is 11.3 Å². The molecular weight excluding hydrogens is 326 g/mol. The fraction of sp³-hybridized carbons (Fsp3) is 0.364. The predicted octanol–water partition coefficient (Wildman–Crippen LogP) is 4.83. The van der Waals surface area contributed by atoms with Crippen LogP contribution in [0.25, 0.3) is 0 Å². The van der Waals surface area contributed by atoms with E-state index in [2.05, 4.69) is 32.9 Å². The number of nitrogens with zero attached hydrogens (tertiary/aromatic N) is 1. The van der Waals surface area contributed by atoms with Gasteiger partial charge in [0.15, 0.2) is 0 Å². The summed E-state index contributed by atoms with van der Waals surface area (Å²) in [5.74, 6) is 0.164. The largest absolute Gasteiger partial charge is 0.508 e. The van der Waals surface area contributed by atoms with E-state index in [9.17, 15) is 9.90 Å². The van der Waals surface area contributed by atoms with Gasteiger partial charge in [-0.3, -0.25) is 0 Å². The molecule has 0 aromatic heterocycles. The molecule has 136 valence electrons. The van der Waals surface area contributed by atoms with Gasteiger partial charge < -0.3 is 9.94 Å². The lowest BCUT2D eigenvalue weighted by Crippen LogP contribution is -2.19. The number of hydrogen-bond acceptors (Lipinski definition) is 4.